The summed E-state index contributed by atoms with van der Waals surface area (Å²) in [5.41, 5.74) is 2.05. The minimum Gasteiger partial charge on any atom is -0.353 e. The Hall–Kier alpha value is -1.16. The molecule has 0 aromatic carbocycles. The number of anilines is 1. The Morgan fingerprint density at radius 3 is 2.39 bits per heavy atom. The maximum atomic E-state index is 4.41. The highest BCUT2D eigenvalue weighted by atomic mass is 15.2. The molecule has 2 heterocycles. The Balaban J connectivity index is 1.86. The monoisotopic (exact) mass is 248 g/mol. The van der Waals surface area contributed by atoms with E-state index in [-0.39, 0.29) is 0 Å². The number of hydrogen-bond donors (Lipinski definition) is 1. The van der Waals surface area contributed by atoms with Crippen LogP contribution in [0.15, 0.2) is 6.07 Å². The molecule has 0 radical (unpaired) electrons. The third kappa shape index (κ3) is 3.67. The van der Waals surface area contributed by atoms with E-state index >= 15 is 0 Å². The number of rotatable bonds is 4. The molecule has 1 aromatic rings. The van der Waals surface area contributed by atoms with Crippen LogP contribution in [-0.2, 0) is 0 Å². The van der Waals surface area contributed by atoms with E-state index in [2.05, 4.69) is 27.1 Å². The fourth-order valence-corrected chi connectivity index (χ4v) is 2.53. The molecule has 1 aliphatic rings. The Morgan fingerprint density at radius 2 is 1.78 bits per heavy atom. The number of likely N-dealkylation sites (tertiary alicyclic amines) is 1. The van der Waals surface area contributed by atoms with Crippen LogP contribution >= 0.6 is 0 Å². The third-order valence-electron chi connectivity index (χ3n) is 3.55. The first-order chi connectivity index (χ1) is 8.65. The van der Waals surface area contributed by atoms with Gasteiger partial charge < -0.3 is 5.32 Å². The van der Waals surface area contributed by atoms with Gasteiger partial charge in [-0.05, 0) is 52.8 Å². The van der Waals surface area contributed by atoms with E-state index in [4.69, 9.17) is 0 Å². The molecule has 1 atom stereocenters. The van der Waals surface area contributed by atoms with Crippen molar-refractivity contribution in [1.29, 1.82) is 0 Å². The van der Waals surface area contributed by atoms with E-state index in [0.717, 1.165) is 23.9 Å². The number of piperidine rings is 1. The molecule has 4 heteroatoms. The van der Waals surface area contributed by atoms with Crippen LogP contribution in [-0.4, -0.2) is 40.5 Å². The Labute approximate surface area is 110 Å². The summed E-state index contributed by atoms with van der Waals surface area (Å²) in [7, 11) is 0. The van der Waals surface area contributed by atoms with Crippen molar-refractivity contribution < 1.29 is 0 Å². The minimum absolute atomic E-state index is 0.551. The van der Waals surface area contributed by atoms with Crippen LogP contribution in [0.1, 0.15) is 37.6 Å². The fraction of sp³-hybridized carbons (Fsp3) is 0.714. The molecule has 1 aliphatic heterocycles. The van der Waals surface area contributed by atoms with Crippen molar-refractivity contribution in [2.24, 2.45) is 0 Å². The van der Waals surface area contributed by atoms with Crippen molar-refractivity contribution in [1.82, 2.24) is 14.9 Å². The predicted octanol–water partition coefficient (Wildman–Crippen LogP) is 2.38. The summed E-state index contributed by atoms with van der Waals surface area (Å²) >= 11 is 0. The first-order valence-corrected chi connectivity index (χ1v) is 6.95. The van der Waals surface area contributed by atoms with E-state index < -0.39 is 0 Å². The second kappa shape index (κ2) is 6.14. The van der Waals surface area contributed by atoms with E-state index in [0.29, 0.717) is 6.04 Å². The molecule has 2 rings (SSSR count). The standard InChI is InChI=1S/C14H24N4/c1-11-9-12(2)17-14(16-11)15-10-13(3)18-7-5-4-6-8-18/h9,13H,4-8,10H2,1-3H3,(H,15,16,17). The molecule has 18 heavy (non-hydrogen) atoms. The molecular weight excluding hydrogens is 224 g/mol. The van der Waals surface area contributed by atoms with Crippen LogP contribution in [0.4, 0.5) is 5.95 Å². The van der Waals surface area contributed by atoms with Crippen molar-refractivity contribution in [3.8, 4) is 0 Å². The maximum absolute atomic E-state index is 4.41. The van der Waals surface area contributed by atoms with Crippen molar-refractivity contribution in [3.05, 3.63) is 17.5 Å². The van der Waals surface area contributed by atoms with Crippen LogP contribution in [0.5, 0.6) is 0 Å². The van der Waals surface area contributed by atoms with Gasteiger partial charge in [0.15, 0.2) is 0 Å². The normalized spacial score (nSPS) is 18.6. The fourth-order valence-electron chi connectivity index (χ4n) is 2.53. The molecule has 0 spiro atoms. The number of aryl methyl sites for hydroxylation is 2. The average molecular weight is 248 g/mol. The molecule has 0 saturated carbocycles. The van der Waals surface area contributed by atoms with Gasteiger partial charge in [-0.25, -0.2) is 9.97 Å². The number of aromatic nitrogens is 2. The molecule has 0 bridgehead atoms. The number of hydrogen-bond acceptors (Lipinski definition) is 4. The minimum atomic E-state index is 0.551. The molecule has 1 saturated heterocycles. The average Bonchev–Trinajstić information content (AvgIpc) is 2.36. The van der Waals surface area contributed by atoms with Crippen LogP contribution in [0.25, 0.3) is 0 Å². The lowest BCUT2D eigenvalue weighted by atomic mass is 10.1. The van der Waals surface area contributed by atoms with Crippen molar-refractivity contribution >= 4 is 5.95 Å². The Morgan fingerprint density at radius 1 is 1.17 bits per heavy atom. The molecule has 1 fully saturated rings. The van der Waals surface area contributed by atoms with Gasteiger partial charge in [0.1, 0.15) is 0 Å². The van der Waals surface area contributed by atoms with Gasteiger partial charge in [0.25, 0.3) is 0 Å². The lowest BCUT2D eigenvalue weighted by molar-refractivity contribution is 0.180. The van der Waals surface area contributed by atoms with Gasteiger partial charge in [-0.15, -0.1) is 0 Å². The summed E-state index contributed by atoms with van der Waals surface area (Å²) < 4.78 is 0. The van der Waals surface area contributed by atoms with Gasteiger partial charge in [-0.2, -0.15) is 0 Å². The zero-order chi connectivity index (χ0) is 13.0. The first-order valence-electron chi connectivity index (χ1n) is 6.95. The zero-order valence-electron chi connectivity index (χ0n) is 11.7. The van der Waals surface area contributed by atoms with Gasteiger partial charge >= 0.3 is 0 Å². The SMILES string of the molecule is Cc1cc(C)nc(NCC(C)N2CCCCC2)n1. The highest BCUT2D eigenvalue weighted by Gasteiger charge is 2.16. The Kier molecular flexibility index (Phi) is 4.53. The Bertz CT molecular complexity index is 365. The van der Waals surface area contributed by atoms with Crippen LogP contribution in [0, 0.1) is 13.8 Å². The summed E-state index contributed by atoms with van der Waals surface area (Å²) in [5, 5.41) is 3.36. The molecule has 100 valence electrons. The number of nitrogens with zero attached hydrogens (tertiary/aromatic N) is 3. The van der Waals surface area contributed by atoms with Crippen LogP contribution < -0.4 is 5.32 Å². The summed E-state index contributed by atoms with van der Waals surface area (Å²) in [5.74, 6) is 0.761. The van der Waals surface area contributed by atoms with Gasteiger partial charge in [0, 0.05) is 24.0 Å². The highest BCUT2D eigenvalue weighted by molar-refractivity contribution is 5.27. The van der Waals surface area contributed by atoms with E-state index in [1.165, 1.54) is 32.4 Å². The van der Waals surface area contributed by atoms with E-state index in [1.54, 1.807) is 0 Å². The summed E-state index contributed by atoms with van der Waals surface area (Å²) in [6.45, 7) is 9.68. The van der Waals surface area contributed by atoms with Gasteiger partial charge in [0.05, 0.1) is 0 Å². The highest BCUT2D eigenvalue weighted by Crippen LogP contribution is 2.12. The summed E-state index contributed by atoms with van der Waals surface area (Å²) in [4.78, 5) is 11.4. The van der Waals surface area contributed by atoms with E-state index in [1.807, 2.05) is 19.9 Å². The van der Waals surface area contributed by atoms with Crippen molar-refractivity contribution in [3.63, 3.8) is 0 Å². The van der Waals surface area contributed by atoms with Gasteiger partial charge in [0.2, 0.25) is 5.95 Å². The zero-order valence-corrected chi connectivity index (χ0v) is 11.7. The molecule has 1 aromatic heterocycles. The molecular formula is C14H24N4. The predicted molar refractivity (Wildman–Crippen MR) is 74.9 cm³/mol. The molecule has 1 unspecified atom stereocenters. The quantitative estimate of drug-likeness (QED) is 0.888. The first kappa shape index (κ1) is 13.3. The topological polar surface area (TPSA) is 41.1 Å². The number of nitrogens with one attached hydrogen (secondary N) is 1. The maximum Gasteiger partial charge on any atom is 0.223 e. The van der Waals surface area contributed by atoms with Crippen molar-refractivity contribution in [2.45, 2.75) is 46.1 Å². The van der Waals surface area contributed by atoms with Gasteiger partial charge in [-0.3, -0.25) is 4.90 Å². The van der Waals surface area contributed by atoms with Gasteiger partial charge in [-0.1, -0.05) is 6.42 Å². The molecule has 4 nitrogen and oxygen atoms in total. The second-order valence-electron chi connectivity index (χ2n) is 5.30. The summed E-state index contributed by atoms with van der Waals surface area (Å²) in [6, 6.07) is 2.55. The van der Waals surface area contributed by atoms with E-state index in [9.17, 15) is 0 Å². The van der Waals surface area contributed by atoms with Crippen molar-refractivity contribution in [2.75, 3.05) is 25.0 Å². The summed E-state index contributed by atoms with van der Waals surface area (Å²) in [6.07, 6.45) is 4.06. The molecule has 0 aliphatic carbocycles. The second-order valence-corrected chi connectivity index (χ2v) is 5.30. The lowest BCUT2D eigenvalue weighted by Gasteiger charge is -2.32. The van der Waals surface area contributed by atoms with Crippen LogP contribution in [0.2, 0.25) is 0 Å². The molecule has 0 amide bonds. The largest absolute Gasteiger partial charge is 0.353 e. The third-order valence-corrected chi connectivity index (χ3v) is 3.55. The molecule has 1 N–H and O–H groups in total. The smallest absolute Gasteiger partial charge is 0.223 e. The van der Waals surface area contributed by atoms with Crippen LogP contribution in [0.3, 0.4) is 0 Å². The lowest BCUT2D eigenvalue weighted by Crippen LogP contribution is -2.41.